The summed E-state index contributed by atoms with van der Waals surface area (Å²) < 4.78 is 2.10. The molecule has 0 radical (unpaired) electrons. The number of hydrogen-bond acceptors (Lipinski definition) is 5. The molecule has 0 aliphatic carbocycles. The summed E-state index contributed by atoms with van der Waals surface area (Å²) in [5, 5.41) is 7.98. The molecule has 2 aromatic heterocycles. The van der Waals surface area contributed by atoms with Gasteiger partial charge in [0.25, 0.3) is 0 Å². The summed E-state index contributed by atoms with van der Waals surface area (Å²) in [6.45, 7) is 4.14. The first-order valence-electron chi connectivity index (χ1n) is 11.0. The maximum atomic E-state index is 11.4. The molecule has 1 fully saturated rings. The van der Waals surface area contributed by atoms with E-state index in [0.717, 1.165) is 72.5 Å². The number of nitrogens with one attached hydrogen (secondary N) is 1. The highest BCUT2D eigenvalue weighted by molar-refractivity contribution is 5.77. The molecule has 4 rings (SSSR count). The van der Waals surface area contributed by atoms with Crippen molar-refractivity contribution in [3.8, 4) is 0 Å². The molecule has 1 saturated heterocycles. The van der Waals surface area contributed by atoms with E-state index in [-0.39, 0.29) is 19.8 Å². The molecule has 1 aromatic carbocycles. The molecule has 3 aromatic rings. The minimum Gasteiger partial charge on any atom is -0.369 e. The molecule has 0 bridgehead atoms. The van der Waals surface area contributed by atoms with Gasteiger partial charge in [0.1, 0.15) is 5.82 Å². The lowest BCUT2D eigenvalue weighted by Gasteiger charge is -2.22. The van der Waals surface area contributed by atoms with E-state index in [1.165, 1.54) is 0 Å². The lowest BCUT2D eigenvalue weighted by Crippen LogP contribution is -2.29. The highest BCUT2D eigenvalue weighted by Gasteiger charge is 2.16. The number of primary amides is 1. The molecular weight excluding hydrogens is 400 g/mol. The number of piperidine rings is 1. The smallest absolute Gasteiger partial charge is 0.221 e. The van der Waals surface area contributed by atoms with Crippen LogP contribution in [0.15, 0.2) is 42.9 Å². The summed E-state index contributed by atoms with van der Waals surface area (Å²) in [4.78, 5) is 20.8. The summed E-state index contributed by atoms with van der Waals surface area (Å²) in [6.07, 6.45) is 10.8. The fraction of sp³-hybridized carbons (Fsp3) is 0.440. The third-order valence-electron chi connectivity index (χ3n) is 5.94. The van der Waals surface area contributed by atoms with Crippen LogP contribution in [-0.2, 0) is 30.5 Å². The third-order valence-corrected chi connectivity index (χ3v) is 5.94. The van der Waals surface area contributed by atoms with E-state index in [2.05, 4.69) is 32.3 Å². The number of amides is 1. The van der Waals surface area contributed by atoms with E-state index in [4.69, 9.17) is 10.7 Å². The van der Waals surface area contributed by atoms with Gasteiger partial charge in [-0.15, -0.1) is 0 Å². The second kappa shape index (κ2) is 11.0. The number of aromatic nitrogens is 4. The van der Waals surface area contributed by atoms with Crippen LogP contribution in [0.5, 0.6) is 0 Å². The van der Waals surface area contributed by atoms with Gasteiger partial charge >= 0.3 is 0 Å². The summed E-state index contributed by atoms with van der Waals surface area (Å²) >= 11 is 0. The van der Waals surface area contributed by atoms with Crippen LogP contribution in [0.4, 0.5) is 0 Å². The van der Waals surface area contributed by atoms with Crippen LogP contribution in [0, 0.1) is 6.92 Å². The van der Waals surface area contributed by atoms with E-state index in [0.29, 0.717) is 12.5 Å². The minimum absolute atomic E-state index is 0. The molecule has 0 atom stereocenters. The van der Waals surface area contributed by atoms with Crippen LogP contribution in [0.1, 0.15) is 60.1 Å². The van der Waals surface area contributed by atoms with Crippen molar-refractivity contribution in [1.29, 1.82) is 0 Å². The normalized spacial score (nSPS) is 14.2. The van der Waals surface area contributed by atoms with Crippen molar-refractivity contribution in [3.05, 3.63) is 76.6 Å². The Kier molecular flexibility index (Phi) is 8.11. The highest BCUT2D eigenvalue weighted by Crippen LogP contribution is 2.19. The Morgan fingerprint density at radius 3 is 2.66 bits per heavy atom. The predicted octanol–water partition coefficient (Wildman–Crippen LogP) is 2.95. The maximum absolute atomic E-state index is 11.4. The summed E-state index contributed by atoms with van der Waals surface area (Å²) in [5.74, 6) is 0.508. The van der Waals surface area contributed by atoms with E-state index in [1.807, 2.05) is 37.5 Å². The summed E-state index contributed by atoms with van der Waals surface area (Å²) in [5.41, 5.74) is 10.8. The maximum Gasteiger partial charge on any atom is 0.221 e. The Balaban J connectivity index is 0.00000289. The van der Waals surface area contributed by atoms with Crippen molar-refractivity contribution in [3.63, 3.8) is 0 Å². The number of rotatable bonds is 8. The fourth-order valence-electron chi connectivity index (χ4n) is 4.19. The van der Waals surface area contributed by atoms with Gasteiger partial charge in [-0.3, -0.25) is 9.48 Å². The summed E-state index contributed by atoms with van der Waals surface area (Å²) in [6, 6.07) is 8.45. The second-order valence-corrected chi connectivity index (χ2v) is 8.31. The first kappa shape index (κ1) is 23.6. The number of benzene rings is 1. The fourth-order valence-corrected chi connectivity index (χ4v) is 4.19. The molecule has 1 amide bonds. The Labute approximate surface area is 190 Å². The van der Waals surface area contributed by atoms with E-state index in [9.17, 15) is 4.79 Å². The zero-order valence-electron chi connectivity index (χ0n) is 18.1. The number of nitrogens with zero attached hydrogens (tertiary/aromatic N) is 4. The van der Waals surface area contributed by atoms with Crippen LogP contribution in [-0.4, -0.2) is 38.7 Å². The first-order chi connectivity index (χ1) is 15.1. The average molecular weight is 435 g/mol. The van der Waals surface area contributed by atoms with E-state index in [1.54, 1.807) is 0 Å². The Morgan fingerprint density at radius 1 is 1.16 bits per heavy atom. The Morgan fingerprint density at radius 2 is 1.91 bits per heavy atom. The first-order valence-corrected chi connectivity index (χ1v) is 11.0. The van der Waals surface area contributed by atoms with Crippen molar-refractivity contribution >= 4 is 5.91 Å². The number of hydrogen-bond donors (Lipinski definition) is 2. The average Bonchev–Trinajstić information content (AvgIpc) is 3.24. The number of aryl methyl sites for hydroxylation is 3. The lowest BCUT2D eigenvalue weighted by molar-refractivity contribution is -0.117. The molecule has 3 N–H and O–H groups in total. The number of carbonyl (C=O) groups is 1. The molecular formula is C25H34N6O. The van der Waals surface area contributed by atoms with Crippen molar-refractivity contribution in [2.24, 2.45) is 5.73 Å². The van der Waals surface area contributed by atoms with Gasteiger partial charge in [0.05, 0.1) is 18.7 Å². The predicted molar refractivity (Wildman–Crippen MR) is 126 cm³/mol. The zero-order valence-corrected chi connectivity index (χ0v) is 18.1. The standard InChI is InChI=1S/C24H30N6O.CH4/c1-17-14-27-24(12-18-15-28-30(16-18)21-8-10-26-11-9-21)29-22(17)7-6-19-4-2-3-5-20(19)13-23(25)31;/h2-5,14-16,21,26H,6-13H2,1H3,(H2,25,31);1H4. The second-order valence-electron chi connectivity index (χ2n) is 8.31. The van der Waals surface area contributed by atoms with Crippen molar-refractivity contribution < 1.29 is 4.79 Å². The van der Waals surface area contributed by atoms with Crippen LogP contribution in [0.3, 0.4) is 0 Å². The van der Waals surface area contributed by atoms with Crippen LogP contribution >= 0.6 is 0 Å². The van der Waals surface area contributed by atoms with Crippen molar-refractivity contribution in [1.82, 2.24) is 25.1 Å². The SMILES string of the molecule is C.Cc1cnc(Cc2cnn(C3CCNCC3)c2)nc1CCc1ccccc1CC(N)=O. The van der Waals surface area contributed by atoms with Gasteiger partial charge < -0.3 is 11.1 Å². The molecule has 0 unspecified atom stereocenters. The van der Waals surface area contributed by atoms with Gasteiger partial charge in [-0.25, -0.2) is 9.97 Å². The summed E-state index contributed by atoms with van der Waals surface area (Å²) in [7, 11) is 0. The monoisotopic (exact) mass is 434 g/mol. The Bertz CT molecular complexity index is 1040. The van der Waals surface area contributed by atoms with Crippen LogP contribution < -0.4 is 11.1 Å². The number of nitrogens with two attached hydrogens (primary N) is 1. The van der Waals surface area contributed by atoms with Crippen molar-refractivity contribution in [2.75, 3.05) is 13.1 Å². The topological polar surface area (TPSA) is 98.7 Å². The molecule has 7 nitrogen and oxygen atoms in total. The van der Waals surface area contributed by atoms with Gasteiger partial charge in [0.15, 0.2) is 0 Å². The van der Waals surface area contributed by atoms with Gasteiger partial charge in [-0.05, 0) is 68.0 Å². The minimum atomic E-state index is -0.307. The highest BCUT2D eigenvalue weighted by atomic mass is 16.1. The number of carbonyl (C=O) groups excluding carboxylic acids is 1. The van der Waals surface area contributed by atoms with Crippen molar-refractivity contribution in [2.45, 2.75) is 58.9 Å². The lowest BCUT2D eigenvalue weighted by atomic mass is 9.98. The molecule has 170 valence electrons. The molecule has 1 aliphatic rings. The largest absolute Gasteiger partial charge is 0.369 e. The van der Waals surface area contributed by atoms with Crippen LogP contribution in [0.2, 0.25) is 0 Å². The third kappa shape index (κ3) is 6.01. The Hall–Kier alpha value is -3.06. The molecule has 0 spiro atoms. The molecule has 7 heteroatoms. The van der Waals surface area contributed by atoms with Gasteiger partial charge in [-0.1, -0.05) is 31.7 Å². The van der Waals surface area contributed by atoms with E-state index >= 15 is 0 Å². The molecule has 1 aliphatic heterocycles. The molecule has 3 heterocycles. The molecule has 32 heavy (non-hydrogen) atoms. The van der Waals surface area contributed by atoms with Gasteiger partial charge in [0, 0.05) is 24.5 Å². The van der Waals surface area contributed by atoms with Crippen LogP contribution in [0.25, 0.3) is 0 Å². The quantitative estimate of drug-likeness (QED) is 0.568. The van der Waals surface area contributed by atoms with Gasteiger partial charge in [-0.2, -0.15) is 5.10 Å². The molecule has 0 saturated carbocycles. The van der Waals surface area contributed by atoms with E-state index < -0.39 is 0 Å². The van der Waals surface area contributed by atoms with Gasteiger partial charge in [0.2, 0.25) is 5.91 Å². The zero-order chi connectivity index (χ0) is 21.6.